The first-order valence-corrected chi connectivity index (χ1v) is 12.0. The number of anilines is 2. The van der Waals surface area contributed by atoms with Gasteiger partial charge < -0.3 is 16.0 Å². The number of likely N-dealkylation sites (tertiary alicyclic amines) is 1. The molecule has 1 saturated heterocycles. The van der Waals surface area contributed by atoms with Gasteiger partial charge in [0.1, 0.15) is 28.7 Å². The standard InChI is InChI=1S/C26H26F3N7O/c27-26(28,29)10-14-35-13-3-4-19(16-35)24-34-21(22-23(30)32-12-15-36(22)24)17-6-8-18(9-7-17)25(37)33-20-5-1-2-11-31-20/h1-2,5-9,11-12,15,19H,3-4,10,13-14,16H2,(H2,30,32)(H,31,33,37)/t19-/m1/s1. The number of pyridine rings is 1. The van der Waals surface area contributed by atoms with Gasteiger partial charge in [0.25, 0.3) is 5.91 Å². The van der Waals surface area contributed by atoms with Crippen LogP contribution in [-0.2, 0) is 0 Å². The maximum absolute atomic E-state index is 12.8. The molecule has 0 saturated carbocycles. The molecule has 4 heterocycles. The summed E-state index contributed by atoms with van der Waals surface area (Å²) in [7, 11) is 0. The maximum atomic E-state index is 12.8. The zero-order chi connectivity index (χ0) is 26.0. The predicted octanol–water partition coefficient (Wildman–Crippen LogP) is 4.76. The molecule has 1 amide bonds. The molecule has 1 aliphatic heterocycles. The van der Waals surface area contributed by atoms with Crippen LogP contribution in [0.15, 0.2) is 61.1 Å². The number of nitrogen functional groups attached to an aromatic ring is 1. The highest BCUT2D eigenvalue weighted by molar-refractivity contribution is 6.04. The molecule has 0 spiro atoms. The highest BCUT2D eigenvalue weighted by Gasteiger charge is 2.31. The molecule has 1 fully saturated rings. The third-order valence-corrected chi connectivity index (χ3v) is 6.52. The van der Waals surface area contributed by atoms with Gasteiger partial charge in [0.15, 0.2) is 0 Å². The van der Waals surface area contributed by atoms with Gasteiger partial charge in [0.05, 0.1) is 6.42 Å². The third-order valence-electron chi connectivity index (χ3n) is 6.52. The van der Waals surface area contributed by atoms with Crippen LogP contribution in [0.5, 0.6) is 0 Å². The summed E-state index contributed by atoms with van der Waals surface area (Å²) >= 11 is 0. The van der Waals surface area contributed by atoms with Crippen LogP contribution in [0.4, 0.5) is 24.8 Å². The molecule has 5 rings (SSSR count). The summed E-state index contributed by atoms with van der Waals surface area (Å²) in [5.74, 6) is 1.17. The number of benzene rings is 1. The Kier molecular flexibility index (Phi) is 6.79. The number of nitrogens with zero attached hydrogens (tertiary/aromatic N) is 5. The van der Waals surface area contributed by atoms with Crippen molar-refractivity contribution in [2.45, 2.75) is 31.4 Å². The molecule has 0 aliphatic carbocycles. The quantitative estimate of drug-likeness (QED) is 0.389. The van der Waals surface area contributed by atoms with Crippen LogP contribution in [0.3, 0.4) is 0 Å². The Labute approximate surface area is 211 Å². The molecule has 8 nitrogen and oxygen atoms in total. The molecular formula is C26H26F3N7O. The Morgan fingerprint density at radius 3 is 2.65 bits per heavy atom. The predicted molar refractivity (Wildman–Crippen MR) is 134 cm³/mol. The number of fused-ring (bicyclic) bond motifs is 1. The number of nitrogens with two attached hydrogens (primary N) is 1. The van der Waals surface area contributed by atoms with Gasteiger partial charge in [-0.1, -0.05) is 18.2 Å². The van der Waals surface area contributed by atoms with E-state index in [1.54, 1.807) is 61.1 Å². The summed E-state index contributed by atoms with van der Waals surface area (Å²) in [6.45, 7) is 1.10. The zero-order valence-electron chi connectivity index (χ0n) is 19.9. The second-order valence-corrected chi connectivity index (χ2v) is 9.10. The molecule has 1 atom stereocenters. The van der Waals surface area contributed by atoms with Gasteiger partial charge in [-0.2, -0.15) is 13.2 Å². The van der Waals surface area contributed by atoms with E-state index in [1.165, 1.54) is 0 Å². The molecule has 3 aromatic heterocycles. The van der Waals surface area contributed by atoms with Gasteiger partial charge in [-0.3, -0.25) is 9.20 Å². The first-order chi connectivity index (χ1) is 17.8. The van der Waals surface area contributed by atoms with Crippen molar-refractivity contribution >= 4 is 23.1 Å². The van der Waals surface area contributed by atoms with Crippen molar-refractivity contribution in [1.29, 1.82) is 0 Å². The fourth-order valence-corrected chi connectivity index (χ4v) is 4.74. The summed E-state index contributed by atoms with van der Waals surface area (Å²) < 4.78 is 40.2. The maximum Gasteiger partial charge on any atom is 0.390 e. The van der Waals surface area contributed by atoms with Gasteiger partial charge >= 0.3 is 6.18 Å². The van der Waals surface area contributed by atoms with Crippen LogP contribution in [0.2, 0.25) is 0 Å². The molecule has 11 heteroatoms. The summed E-state index contributed by atoms with van der Waals surface area (Å²) in [6, 6.07) is 12.2. The van der Waals surface area contributed by atoms with Crippen LogP contribution in [0.1, 0.15) is 41.4 Å². The Balaban J connectivity index is 1.41. The number of alkyl halides is 3. The largest absolute Gasteiger partial charge is 0.390 e. The van der Waals surface area contributed by atoms with Crippen molar-refractivity contribution in [3.63, 3.8) is 0 Å². The summed E-state index contributed by atoms with van der Waals surface area (Å²) in [6.07, 6.45) is 1.56. The number of halogens is 3. The molecule has 192 valence electrons. The minimum atomic E-state index is -4.18. The van der Waals surface area contributed by atoms with Gasteiger partial charge in [0, 0.05) is 48.7 Å². The molecule has 3 N–H and O–H groups in total. The highest BCUT2D eigenvalue weighted by atomic mass is 19.4. The van der Waals surface area contributed by atoms with E-state index in [4.69, 9.17) is 10.7 Å². The SMILES string of the molecule is Nc1nccn2c([C@@H]3CCCN(CCC(F)(F)F)C3)nc(-c3ccc(C(=O)Nc4ccccn4)cc3)c12. The monoisotopic (exact) mass is 509 g/mol. The van der Waals surface area contributed by atoms with Crippen molar-refractivity contribution in [2.24, 2.45) is 0 Å². The summed E-state index contributed by atoms with van der Waals surface area (Å²) in [5, 5.41) is 2.75. The molecule has 1 aromatic carbocycles. The molecule has 4 aromatic rings. The second-order valence-electron chi connectivity index (χ2n) is 9.10. The second kappa shape index (κ2) is 10.2. The first-order valence-electron chi connectivity index (χ1n) is 12.0. The molecule has 0 unspecified atom stereocenters. The van der Waals surface area contributed by atoms with Crippen molar-refractivity contribution in [3.05, 3.63) is 72.4 Å². The van der Waals surface area contributed by atoms with E-state index in [0.29, 0.717) is 41.5 Å². The van der Waals surface area contributed by atoms with E-state index in [2.05, 4.69) is 15.3 Å². The number of carbonyl (C=O) groups excluding carboxylic acids is 1. The number of aromatic nitrogens is 4. The zero-order valence-corrected chi connectivity index (χ0v) is 19.9. The lowest BCUT2D eigenvalue weighted by molar-refractivity contribution is -0.138. The molecule has 0 radical (unpaired) electrons. The van der Waals surface area contributed by atoms with Crippen molar-refractivity contribution in [3.8, 4) is 11.3 Å². The summed E-state index contributed by atoms with van der Waals surface area (Å²) in [5.41, 5.74) is 8.70. The molecular weight excluding hydrogens is 483 g/mol. The molecule has 37 heavy (non-hydrogen) atoms. The lowest BCUT2D eigenvalue weighted by Gasteiger charge is -2.32. The molecule has 0 bridgehead atoms. The van der Waals surface area contributed by atoms with Crippen molar-refractivity contribution < 1.29 is 18.0 Å². The lowest BCUT2D eigenvalue weighted by Crippen LogP contribution is -2.37. The van der Waals surface area contributed by atoms with Gasteiger partial charge in [-0.15, -0.1) is 0 Å². The van der Waals surface area contributed by atoms with E-state index in [-0.39, 0.29) is 18.4 Å². The van der Waals surface area contributed by atoms with Crippen LogP contribution >= 0.6 is 0 Å². The number of rotatable bonds is 6. The normalized spacial score (nSPS) is 16.7. The van der Waals surface area contributed by atoms with E-state index in [1.807, 2.05) is 9.30 Å². The number of piperidine rings is 1. The van der Waals surface area contributed by atoms with Gasteiger partial charge in [-0.25, -0.2) is 15.0 Å². The Hall–Kier alpha value is -3.99. The topological polar surface area (TPSA) is 101 Å². The minimum Gasteiger partial charge on any atom is -0.382 e. The third kappa shape index (κ3) is 5.56. The number of imidazole rings is 1. The Morgan fingerprint density at radius 1 is 1.11 bits per heavy atom. The van der Waals surface area contributed by atoms with E-state index in [0.717, 1.165) is 24.2 Å². The number of nitrogens with one attached hydrogen (secondary N) is 1. The Morgan fingerprint density at radius 2 is 1.92 bits per heavy atom. The minimum absolute atomic E-state index is 0.0259. The van der Waals surface area contributed by atoms with Crippen molar-refractivity contribution in [2.75, 3.05) is 30.7 Å². The van der Waals surface area contributed by atoms with Crippen molar-refractivity contribution in [1.82, 2.24) is 24.3 Å². The number of hydrogen-bond donors (Lipinski definition) is 2. The number of carbonyl (C=O) groups is 1. The smallest absolute Gasteiger partial charge is 0.382 e. The van der Waals surface area contributed by atoms with Crippen LogP contribution < -0.4 is 11.1 Å². The fourth-order valence-electron chi connectivity index (χ4n) is 4.74. The molecule has 1 aliphatic rings. The average Bonchev–Trinajstić information content (AvgIpc) is 3.29. The van der Waals surface area contributed by atoms with E-state index in [9.17, 15) is 18.0 Å². The van der Waals surface area contributed by atoms with Gasteiger partial charge in [0.2, 0.25) is 0 Å². The Bertz CT molecular complexity index is 1390. The van der Waals surface area contributed by atoms with E-state index < -0.39 is 12.6 Å². The lowest BCUT2D eigenvalue weighted by atomic mass is 9.97. The van der Waals surface area contributed by atoms with E-state index >= 15 is 0 Å². The first kappa shape index (κ1) is 24.7. The fraction of sp³-hybridized carbons (Fsp3) is 0.308. The van der Waals surface area contributed by atoms with Crippen LogP contribution in [0, 0.1) is 0 Å². The number of hydrogen-bond acceptors (Lipinski definition) is 6. The van der Waals surface area contributed by atoms with Crippen LogP contribution in [-0.4, -0.2) is 56.0 Å². The summed E-state index contributed by atoms with van der Waals surface area (Å²) in [4.78, 5) is 27.7. The number of amides is 1. The van der Waals surface area contributed by atoms with Crippen LogP contribution in [0.25, 0.3) is 16.8 Å². The highest BCUT2D eigenvalue weighted by Crippen LogP contribution is 2.34. The average molecular weight is 510 g/mol. The van der Waals surface area contributed by atoms with Gasteiger partial charge in [-0.05, 0) is 43.7 Å².